The number of esters is 1. The molecule has 6 nitrogen and oxygen atoms in total. The van der Waals surface area contributed by atoms with E-state index >= 15 is 0 Å². The lowest BCUT2D eigenvalue weighted by molar-refractivity contribution is -0.141. The maximum absolute atomic E-state index is 12.6. The van der Waals surface area contributed by atoms with E-state index in [1.807, 2.05) is 0 Å². The zero-order valence-electron chi connectivity index (χ0n) is 11.7. The van der Waals surface area contributed by atoms with Crippen molar-refractivity contribution in [3.63, 3.8) is 0 Å². The van der Waals surface area contributed by atoms with Crippen molar-refractivity contribution in [3.05, 3.63) is 18.0 Å². The van der Waals surface area contributed by atoms with E-state index in [9.17, 15) is 18.0 Å². The van der Waals surface area contributed by atoms with Crippen LogP contribution in [-0.4, -0.2) is 49.9 Å². The first-order valence-electron chi connectivity index (χ1n) is 6.09. The van der Waals surface area contributed by atoms with Gasteiger partial charge in [-0.15, -0.1) is 0 Å². The van der Waals surface area contributed by atoms with Crippen molar-refractivity contribution < 1.29 is 27.4 Å². The van der Waals surface area contributed by atoms with Gasteiger partial charge in [-0.3, -0.25) is 4.79 Å². The minimum absolute atomic E-state index is 0.0137. The molecule has 0 aliphatic rings. The van der Waals surface area contributed by atoms with Crippen LogP contribution in [0.2, 0.25) is 0 Å². The quantitative estimate of drug-likeness (QED) is 0.712. The number of carbonyl (C=O) groups excluding carboxylic acids is 1. The molecule has 0 fully saturated rings. The Morgan fingerprint density at radius 3 is 2.62 bits per heavy atom. The molecule has 0 atom stereocenters. The standard InChI is InChI=1S/C12H16F3N3O3/c1-20-8-7-18(6-4-10(19)21-2)11-16-5-3-9(17-11)12(13,14)15/h3,5H,4,6-8H2,1-2H3. The molecule has 1 rings (SSSR count). The van der Waals surface area contributed by atoms with Crippen molar-refractivity contribution in [1.29, 1.82) is 0 Å². The van der Waals surface area contributed by atoms with Gasteiger partial charge in [-0.05, 0) is 6.07 Å². The number of alkyl halides is 3. The van der Waals surface area contributed by atoms with Crippen molar-refractivity contribution in [2.24, 2.45) is 0 Å². The summed E-state index contributed by atoms with van der Waals surface area (Å²) in [5, 5.41) is 0. The minimum atomic E-state index is -4.55. The molecule has 0 radical (unpaired) electrons. The van der Waals surface area contributed by atoms with Crippen LogP contribution in [0.4, 0.5) is 19.1 Å². The van der Waals surface area contributed by atoms with Gasteiger partial charge in [0.05, 0.1) is 20.1 Å². The van der Waals surface area contributed by atoms with Gasteiger partial charge in [-0.2, -0.15) is 13.2 Å². The summed E-state index contributed by atoms with van der Waals surface area (Å²) in [6.07, 6.45) is -3.50. The Labute approximate surface area is 119 Å². The lowest BCUT2D eigenvalue weighted by atomic mass is 10.3. The number of nitrogens with zero attached hydrogens (tertiary/aromatic N) is 3. The van der Waals surface area contributed by atoms with E-state index in [1.54, 1.807) is 0 Å². The molecular formula is C12H16F3N3O3. The number of hydrogen-bond donors (Lipinski definition) is 0. The molecule has 0 saturated carbocycles. The van der Waals surface area contributed by atoms with E-state index in [0.717, 1.165) is 12.3 Å². The third-order valence-corrected chi connectivity index (χ3v) is 2.59. The summed E-state index contributed by atoms with van der Waals surface area (Å²) in [6.45, 7) is 0.660. The van der Waals surface area contributed by atoms with Crippen LogP contribution in [0, 0.1) is 0 Å². The highest BCUT2D eigenvalue weighted by Gasteiger charge is 2.33. The van der Waals surface area contributed by atoms with E-state index in [4.69, 9.17) is 4.74 Å². The molecule has 118 valence electrons. The molecule has 9 heteroatoms. The molecule has 1 heterocycles. The Hall–Kier alpha value is -1.90. The molecule has 1 aromatic heterocycles. The highest BCUT2D eigenvalue weighted by molar-refractivity contribution is 5.69. The fourth-order valence-corrected chi connectivity index (χ4v) is 1.50. The molecule has 0 saturated heterocycles. The molecule has 0 unspecified atom stereocenters. The van der Waals surface area contributed by atoms with Gasteiger partial charge in [0, 0.05) is 26.4 Å². The summed E-state index contributed by atoms with van der Waals surface area (Å²) in [5.74, 6) is -0.574. The second-order valence-corrected chi connectivity index (χ2v) is 4.05. The van der Waals surface area contributed by atoms with Crippen LogP contribution in [0.5, 0.6) is 0 Å². The average molecular weight is 307 g/mol. The van der Waals surface area contributed by atoms with E-state index < -0.39 is 17.8 Å². The molecule has 0 spiro atoms. The first-order chi connectivity index (χ1) is 9.88. The SMILES string of the molecule is COCCN(CCC(=O)OC)c1nccc(C(F)(F)F)n1. The Morgan fingerprint density at radius 2 is 2.05 bits per heavy atom. The van der Waals surface area contributed by atoms with Crippen molar-refractivity contribution in [2.75, 3.05) is 38.8 Å². The van der Waals surface area contributed by atoms with Crippen molar-refractivity contribution >= 4 is 11.9 Å². The maximum Gasteiger partial charge on any atom is 0.433 e. The molecule has 1 aromatic rings. The first kappa shape index (κ1) is 17.2. The highest BCUT2D eigenvalue weighted by Crippen LogP contribution is 2.28. The van der Waals surface area contributed by atoms with Crippen LogP contribution in [0.15, 0.2) is 12.3 Å². The maximum atomic E-state index is 12.6. The van der Waals surface area contributed by atoms with Gasteiger partial charge >= 0.3 is 12.1 Å². The van der Waals surface area contributed by atoms with Gasteiger partial charge in [0.15, 0.2) is 0 Å². The number of carbonyl (C=O) groups is 1. The summed E-state index contributed by atoms with van der Waals surface area (Å²) in [6, 6.07) is 0.790. The third-order valence-electron chi connectivity index (χ3n) is 2.59. The molecule has 0 N–H and O–H groups in total. The number of rotatable bonds is 7. The second-order valence-electron chi connectivity index (χ2n) is 4.05. The highest BCUT2D eigenvalue weighted by atomic mass is 19.4. The number of aromatic nitrogens is 2. The van der Waals surface area contributed by atoms with Gasteiger partial charge in [0.2, 0.25) is 5.95 Å². The van der Waals surface area contributed by atoms with Gasteiger partial charge in [-0.1, -0.05) is 0 Å². The summed E-state index contributed by atoms with van der Waals surface area (Å²) in [4.78, 5) is 19.9. The summed E-state index contributed by atoms with van der Waals surface area (Å²) < 4.78 is 47.3. The second kappa shape index (κ2) is 7.77. The Bertz CT molecular complexity index is 469. The lowest BCUT2D eigenvalue weighted by Gasteiger charge is -2.22. The fourth-order valence-electron chi connectivity index (χ4n) is 1.50. The predicted molar refractivity (Wildman–Crippen MR) is 67.8 cm³/mol. The van der Waals surface area contributed by atoms with E-state index in [2.05, 4.69) is 14.7 Å². The average Bonchev–Trinajstić information content (AvgIpc) is 2.46. The Kier molecular flexibility index (Phi) is 6.35. The molecule has 0 amide bonds. The minimum Gasteiger partial charge on any atom is -0.469 e. The normalized spacial score (nSPS) is 11.3. The zero-order valence-corrected chi connectivity index (χ0v) is 11.7. The van der Waals surface area contributed by atoms with Crippen molar-refractivity contribution in [2.45, 2.75) is 12.6 Å². The summed E-state index contributed by atoms with van der Waals surface area (Å²) in [7, 11) is 2.70. The number of halogens is 3. The van der Waals surface area contributed by atoms with Crippen LogP contribution >= 0.6 is 0 Å². The molecule has 0 aliphatic carbocycles. The third kappa shape index (κ3) is 5.54. The van der Waals surface area contributed by atoms with Gasteiger partial charge in [0.25, 0.3) is 0 Å². The number of anilines is 1. The van der Waals surface area contributed by atoms with Gasteiger partial charge in [0.1, 0.15) is 5.69 Å². The van der Waals surface area contributed by atoms with Gasteiger partial charge < -0.3 is 14.4 Å². The lowest BCUT2D eigenvalue weighted by Crippen LogP contribution is -2.32. The zero-order chi connectivity index (χ0) is 15.9. The van der Waals surface area contributed by atoms with E-state index in [1.165, 1.54) is 19.1 Å². The first-order valence-corrected chi connectivity index (χ1v) is 6.09. The molecule has 0 bridgehead atoms. The van der Waals surface area contributed by atoms with Crippen molar-refractivity contribution in [3.8, 4) is 0 Å². The predicted octanol–water partition coefficient (Wildman–Crippen LogP) is 1.51. The molecular weight excluding hydrogens is 291 g/mol. The van der Waals surface area contributed by atoms with Crippen LogP contribution in [-0.2, 0) is 20.4 Å². The Balaban J connectivity index is 2.89. The van der Waals surface area contributed by atoms with Crippen LogP contribution in [0.3, 0.4) is 0 Å². The number of ether oxygens (including phenoxy) is 2. The number of hydrogen-bond acceptors (Lipinski definition) is 6. The van der Waals surface area contributed by atoms with Gasteiger partial charge in [-0.25, -0.2) is 9.97 Å². The summed E-state index contributed by atoms with van der Waals surface area (Å²) >= 11 is 0. The van der Waals surface area contributed by atoms with Crippen LogP contribution in [0.25, 0.3) is 0 Å². The van der Waals surface area contributed by atoms with Crippen LogP contribution in [0.1, 0.15) is 12.1 Å². The van der Waals surface area contributed by atoms with E-state index in [-0.39, 0.29) is 32.1 Å². The Morgan fingerprint density at radius 1 is 1.33 bits per heavy atom. The summed E-state index contributed by atoms with van der Waals surface area (Å²) in [5.41, 5.74) is -1.03. The smallest absolute Gasteiger partial charge is 0.433 e. The molecule has 21 heavy (non-hydrogen) atoms. The molecule has 0 aliphatic heterocycles. The monoisotopic (exact) mass is 307 g/mol. The largest absolute Gasteiger partial charge is 0.469 e. The van der Waals surface area contributed by atoms with Crippen LogP contribution < -0.4 is 4.90 Å². The topological polar surface area (TPSA) is 64.5 Å². The fraction of sp³-hybridized carbons (Fsp3) is 0.583. The molecule has 0 aromatic carbocycles. The van der Waals surface area contributed by atoms with Crippen molar-refractivity contribution in [1.82, 2.24) is 9.97 Å². The van der Waals surface area contributed by atoms with E-state index in [0.29, 0.717) is 0 Å². The number of methoxy groups -OCH3 is 2.